The molecule has 1 aromatic carbocycles. The van der Waals surface area contributed by atoms with Crippen molar-refractivity contribution in [1.82, 2.24) is 9.97 Å². The van der Waals surface area contributed by atoms with Crippen molar-refractivity contribution >= 4 is 40.9 Å². The van der Waals surface area contributed by atoms with Crippen LogP contribution in [0.5, 0.6) is 5.75 Å². The minimum Gasteiger partial charge on any atom is -0.506 e. The number of hydrogen-bond acceptors (Lipinski definition) is 9. The maximum Gasteiger partial charge on any atom is 0.343 e. The van der Waals surface area contributed by atoms with Gasteiger partial charge in [0.15, 0.2) is 10.9 Å². The number of benzene rings is 1. The Bertz CT molecular complexity index is 888. The summed E-state index contributed by atoms with van der Waals surface area (Å²) in [5, 5.41) is 12.4. The number of anilines is 2. The van der Waals surface area contributed by atoms with E-state index >= 15 is 0 Å². The number of Topliss-reactive ketones (excluding diaryl/α,β-unsaturated/α-hetero) is 1. The maximum absolute atomic E-state index is 12.3. The fourth-order valence-electron chi connectivity index (χ4n) is 2.03. The summed E-state index contributed by atoms with van der Waals surface area (Å²) >= 11 is 1.04. The zero-order chi connectivity index (χ0) is 20.0. The Morgan fingerprint density at radius 2 is 2.07 bits per heavy atom. The van der Waals surface area contributed by atoms with Crippen LogP contribution < -0.4 is 11.1 Å². The van der Waals surface area contributed by atoms with E-state index in [0.29, 0.717) is 5.56 Å². The molecule has 1 heterocycles. The SMILES string of the molecule is CCOC(=O)c1cnc(SCC(=O)c2ccc(O)c(NC(C)=O)c2)nc1N. The highest BCUT2D eigenvalue weighted by Crippen LogP contribution is 2.25. The van der Waals surface area contributed by atoms with E-state index in [-0.39, 0.29) is 52.0 Å². The Labute approximate surface area is 159 Å². The van der Waals surface area contributed by atoms with Crippen LogP contribution in [0.3, 0.4) is 0 Å². The van der Waals surface area contributed by atoms with Gasteiger partial charge in [-0.05, 0) is 25.1 Å². The second-order valence-electron chi connectivity index (χ2n) is 5.30. The lowest BCUT2D eigenvalue weighted by molar-refractivity contribution is -0.114. The number of phenols is 1. The van der Waals surface area contributed by atoms with Crippen LogP contribution in [-0.2, 0) is 9.53 Å². The van der Waals surface area contributed by atoms with E-state index < -0.39 is 5.97 Å². The first-order chi connectivity index (χ1) is 12.8. The van der Waals surface area contributed by atoms with Gasteiger partial charge in [0.25, 0.3) is 0 Å². The number of nitrogens with zero attached hydrogens (tertiary/aromatic N) is 2. The Hall–Kier alpha value is -3.14. The van der Waals surface area contributed by atoms with Crippen LogP contribution in [0, 0.1) is 0 Å². The van der Waals surface area contributed by atoms with Gasteiger partial charge in [0.05, 0.1) is 18.0 Å². The molecule has 0 aliphatic carbocycles. The normalized spacial score (nSPS) is 10.3. The molecule has 9 nitrogen and oxygen atoms in total. The van der Waals surface area contributed by atoms with Crippen LogP contribution in [0.4, 0.5) is 11.5 Å². The number of ether oxygens (including phenoxy) is 1. The number of nitrogens with two attached hydrogens (primary N) is 1. The van der Waals surface area contributed by atoms with E-state index in [2.05, 4.69) is 15.3 Å². The van der Waals surface area contributed by atoms with E-state index in [9.17, 15) is 19.5 Å². The molecule has 2 rings (SSSR count). The lowest BCUT2D eigenvalue weighted by Gasteiger charge is -2.08. The average molecular weight is 390 g/mol. The third-order valence-electron chi connectivity index (χ3n) is 3.25. The number of nitrogen functional groups attached to an aromatic ring is 1. The second kappa shape index (κ2) is 8.99. The summed E-state index contributed by atoms with van der Waals surface area (Å²) in [5.74, 6) is -1.41. The number of esters is 1. The number of thioether (sulfide) groups is 1. The van der Waals surface area contributed by atoms with Crippen LogP contribution in [0.25, 0.3) is 0 Å². The molecule has 2 aromatic rings. The Kier molecular flexibility index (Phi) is 6.72. The van der Waals surface area contributed by atoms with Gasteiger partial charge in [0, 0.05) is 18.7 Å². The second-order valence-corrected chi connectivity index (χ2v) is 6.24. The minimum atomic E-state index is -0.614. The zero-order valence-electron chi connectivity index (χ0n) is 14.7. The molecule has 0 radical (unpaired) electrons. The number of carbonyl (C=O) groups excluding carboxylic acids is 3. The molecule has 0 aliphatic rings. The number of aromatic hydroxyl groups is 1. The number of aromatic nitrogens is 2. The molecule has 1 amide bonds. The molecule has 0 atom stereocenters. The Morgan fingerprint density at radius 3 is 2.70 bits per heavy atom. The first-order valence-corrected chi connectivity index (χ1v) is 8.86. The van der Waals surface area contributed by atoms with Crippen LogP contribution in [0.2, 0.25) is 0 Å². The van der Waals surface area contributed by atoms with Crippen LogP contribution in [0.1, 0.15) is 34.6 Å². The fourth-order valence-corrected chi connectivity index (χ4v) is 2.74. The molecule has 0 unspecified atom stereocenters. The van der Waals surface area contributed by atoms with Gasteiger partial charge in [0.2, 0.25) is 5.91 Å². The molecule has 10 heteroatoms. The smallest absolute Gasteiger partial charge is 0.343 e. The van der Waals surface area contributed by atoms with E-state index in [1.807, 2.05) is 0 Å². The monoisotopic (exact) mass is 390 g/mol. The van der Waals surface area contributed by atoms with Gasteiger partial charge in [0.1, 0.15) is 17.1 Å². The van der Waals surface area contributed by atoms with Crippen molar-refractivity contribution in [1.29, 1.82) is 0 Å². The van der Waals surface area contributed by atoms with Crippen molar-refractivity contribution in [2.75, 3.05) is 23.4 Å². The van der Waals surface area contributed by atoms with Crippen molar-refractivity contribution in [3.63, 3.8) is 0 Å². The standard InChI is InChI=1S/C17H18N4O5S/c1-3-26-16(25)11-7-19-17(21-15(11)18)27-8-14(24)10-4-5-13(23)12(6-10)20-9(2)22/h4-7,23H,3,8H2,1-2H3,(H,20,22)(H2,18,19,21). The minimum absolute atomic E-state index is 0.00246. The highest BCUT2D eigenvalue weighted by molar-refractivity contribution is 7.99. The van der Waals surface area contributed by atoms with Crippen molar-refractivity contribution in [2.24, 2.45) is 0 Å². The van der Waals surface area contributed by atoms with Gasteiger partial charge in [-0.3, -0.25) is 9.59 Å². The molecule has 0 saturated heterocycles. The number of ketones is 1. The van der Waals surface area contributed by atoms with Crippen LogP contribution >= 0.6 is 11.8 Å². The Balaban J connectivity index is 2.06. The molecule has 0 bridgehead atoms. The van der Waals surface area contributed by atoms with Crippen molar-refractivity contribution in [2.45, 2.75) is 19.0 Å². The Morgan fingerprint density at radius 1 is 1.33 bits per heavy atom. The van der Waals surface area contributed by atoms with E-state index in [1.165, 1.54) is 31.3 Å². The van der Waals surface area contributed by atoms with Gasteiger partial charge in [-0.2, -0.15) is 0 Å². The van der Waals surface area contributed by atoms with Crippen molar-refractivity contribution < 1.29 is 24.2 Å². The maximum atomic E-state index is 12.3. The predicted molar refractivity (Wildman–Crippen MR) is 99.9 cm³/mol. The number of rotatable bonds is 7. The molecule has 0 saturated carbocycles. The first-order valence-electron chi connectivity index (χ1n) is 7.88. The highest BCUT2D eigenvalue weighted by atomic mass is 32.2. The van der Waals surface area contributed by atoms with Gasteiger partial charge >= 0.3 is 5.97 Å². The summed E-state index contributed by atoms with van der Waals surface area (Å²) in [6.45, 7) is 3.17. The quantitative estimate of drug-likeness (QED) is 0.212. The number of amides is 1. The molecule has 0 fully saturated rings. The molecule has 27 heavy (non-hydrogen) atoms. The molecule has 0 spiro atoms. The van der Waals surface area contributed by atoms with E-state index in [0.717, 1.165) is 11.8 Å². The zero-order valence-corrected chi connectivity index (χ0v) is 15.5. The third kappa shape index (κ3) is 5.42. The van der Waals surface area contributed by atoms with Gasteiger partial charge < -0.3 is 20.9 Å². The number of carbonyl (C=O) groups is 3. The van der Waals surface area contributed by atoms with E-state index in [1.54, 1.807) is 6.92 Å². The molecule has 142 valence electrons. The first kappa shape index (κ1) is 20.2. The van der Waals surface area contributed by atoms with Crippen LogP contribution in [-0.4, -0.2) is 45.1 Å². The molecule has 1 aromatic heterocycles. The van der Waals surface area contributed by atoms with Gasteiger partial charge in [-0.25, -0.2) is 14.8 Å². The summed E-state index contributed by atoms with van der Waals surface area (Å²) in [6.07, 6.45) is 1.25. The third-order valence-corrected chi connectivity index (χ3v) is 4.11. The average Bonchev–Trinajstić information content (AvgIpc) is 2.61. The summed E-state index contributed by atoms with van der Waals surface area (Å²) in [6, 6.07) is 4.16. The topological polar surface area (TPSA) is 144 Å². The molecular weight excluding hydrogens is 372 g/mol. The highest BCUT2D eigenvalue weighted by Gasteiger charge is 2.15. The largest absolute Gasteiger partial charge is 0.506 e. The molecular formula is C17H18N4O5S. The molecule has 0 aliphatic heterocycles. The van der Waals surface area contributed by atoms with Gasteiger partial charge in [-0.1, -0.05) is 11.8 Å². The number of nitrogens with one attached hydrogen (secondary N) is 1. The molecule has 4 N–H and O–H groups in total. The lowest BCUT2D eigenvalue weighted by Crippen LogP contribution is -2.11. The van der Waals surface area contributed by atoms with Crippen molar-refractivity contribution in [3.05, 3.63) is 35.5 Å². The summed E-state index contributed by atoms with van der Waals surface area (Å²) < 4.78 is 4.84. The lowest BCUT2D eigenvalue weighted by atomic mass is 10.1. The van der Waals surface area contributed by atoms with E-state index in [4.69, 9.17) is 10.5 Å². The van der Waals surface area contributed by atoms with Crippen molar-refractivity contribution in [3.8, 4) is 5.75 Å². The summed E-state index contributed by atoms with van der Waals surface area (Å²) in [5.41, 5.74) is 6.25. The predicted octanol–water partition coefficient (Wildman–Crippen LogP) is 1.87. The van der Waals surface area contributed by atoms with Crippen LogP contribution in [0.15, 0.2) is 29.6 Å². The number of phenolic OH excluding ortho intramolecular Hbond substituents is 1. The fraction of sp³-hybridized carbons (Fsp3) is 0.235. The van der Waals surface area contributed by atoms with Gasteiger partial charge in [-0.15, -0.1) is 0 Å². The number of hydrogen-bond donors (Lipinski definition) is 3. The summed E-state index contributed by atoms with van der Waals surface area (Å²) in [7, 11) is 0. The summed E-state index contributed by atoms with van der Waals surface area (Å²) in [4.78, 5) is 43.1.